The molecule has 1 N–H and O–H groups in total. The number of nitrogens with one attached hydrogen (secondary N) is 1. The van der Waals surface area contributed by atoms with Crippen molar-refractivity contribution in [3.63, 3.8) is 0 Å². The summed E-state index contributed by atoms with van der Waals surface area (Å²) in [6.07, 6.45) is 3.50. The van der Waals surface area contributed by atoms with Crippen molar-refractivity contribution in [3.8, 4) is 11.5 Å². The van der Waals surface area contributed by atoms with Crippen molar-refractivity contribution in [1.29, 1.82) is 0 Å². The van der Waals surface area contributed by atoms with Gasteiger partial charge in [-0.1, -0.05) is 31.5 Å². The zero-order valence-corrected chi connectivity index (χ0v) is 13.4. The van der Waals surface area contributed by atoms with Gasteiger partial charge in [0, 0.05) is 18.3 Å². The van der Waals surface area contributed by atoms with E-state index in [0.717, 1.165) is 30.0 Å². The second kappa shape index (κ2) is 7.43. The second-order valence-electron chi connectivity index (χ2n) is 5.54. The van der Waals surface area contributed by atoms with E-state index in [2.05, 4.69) is 24.1 Å². The third-order valence-electron chi connectivity index (χ3n) is 3.04. The van der Waals surface area contributed by atoms with E-state index in [9.17, 15) is 0 Å². The minimum absolute atomic E-state index is 0.602. The number of hydrogen-bond donors (Lipinski definition) is 1. The molecule has 0 aliphatic heterocycles. The maximum Gasteiger partial charge on any atom is 0.150 e. The monoisotopic (exact) mass is 304 g/mol. The van der Waals surface area contributed by atoms with Crippen LogP contribution in [-0.2, 0) is 6.54 Å². The summed E-state index contributed by atoms with van der Waals surface area (Å²) in [5.41, 5.74) is 2.18. The fraction of sp³-hybridized carbons (Fsp3) is 0.353. The predicted octanol–water partition coefficient (Wildman–Crippen LogP) is 4.58. The molecule has 0 unspecified atom stereocenters. The Labute approximate surface area is 131 Å². The largest absolute Gasteiger partial charge is 0.454 e. The van der Waals surface area contributed by atoms with E-state index in [1.807, 2.05) is 31.2 Å². The summed E-state index contributed by atoms with van der Waals surface area (Å²) in [6, 6.07) is 7.70. The molecule has 3 nitrogen and oxygen atoms in total. The van der Waals surface area contributed by atoms with E-state index >= 15 is 0 Å². The first-order valence-corrected chi connectivity index (χ1v) is 7.51. The van der Waals surface area contributed by atoms with Gasteiger partial charge in [0.15, 0.2) is 0 Å². The van der Waals surface area contributed by atoms with Crippen LogP contribution in [0.15, 0.2) is 36.7 Å². The van der Waals surface area contributed by atoms with Gasteiger partial charge in [0.25, 0.3) is 0 Å². The maximum absolute atomic E-state index is 6.18. The molecule has 1 heterocycles. The summed E-state index contributed by atoms with van der Waals surface area (Å²) in [4.78, 5) is 4.14. The Hall–Kier alpha value is -1.58. The number of benzene rings is 1. The van der Waals surface area contributed by atoms with Gasteiger partial charge in [0.05, 0.1) is 11.2 Å². The molecule has 2 aromatic rings. The lowest BCUT2D eigenvalue weighted by Gasteiger charge is -2.13. The van der Waals surface area contributed by atoms with Crippen molar-refractivity contribution >= 4 is 11.6 Å². The average Bonchev–Trinajstić information content (AvgIpc) is 2.44. The molecule has 1 aromatic heterocycles. The highest BCUT2D eigenvalue weighted by Crippen LogP contribution is 2.31. The minimum atomic E-state index is 0.602. The van der Waals surface area contributed by atoms with Crippen molar-refractivity contribution < 1.29 is 4.74 Å². The van der Waals surface area contributed by atoms with Crippen molar-refractivity contribution in [2.24, 2.45) is 5.92 Å². The lowest BCUT2D eigenvalue weighted by Crippen LogP contribution is -2.19. The van der Waals surface area contributed by atoms with Gasteiger partial charge >= 0.3 is 0 Å². The number of rotatable bonds is 6. The van der Waals surface area contributed by atoms with E-state index in [-0.39, 0.29) is 0 Å². The summed E-state index contributed by atoms with van der Waals surface area (Å²) in [5.74, 6) is 2.01. The van der Waals surface area contributed by atoms with Crippen LogP contribution in [0.4, 0.5) is 0 Å². The van der Waals surface area contributed by atoms with E-state index in [1.54, 1.807) is 12.4 Å². The van der Waals surface area contributed by atoms with Crippen LogP contribution in [0.1, 0.15) is 25.0 Å². The highest BCUT2D eigenvalue weighted by molar-refractivity contribution is 6.32. The van der Waals surface area contributed by atoms with Crippen LogP contribution in [0.3, 0.4) is 0 Å². The second-order valence-corrected chi connectivity index (χ2v) is 5.95. The van der Waals surface area contributed by atoms with E-state index in [4.69, 9.17) is 16.3 Å². The number of nitrogens with zero attached hydrogens (tertiary/aromatic N) is 1. The van der Waals surface area contributed by atoms with Gasteiger partial charge in [0.1, 0.15) is 11.5 Å². The van der Waals surface area contributed by atoms with Crippen molar-refractivity contribution in [2.45, 2.75) is 27.3 Å². The third kappa shape index (κ3) is 4.73. The molecular weight excluding hydrogens is 284 g/mol. The van der Waals surface area contributed by atoms with Crippen LogP contribution < -0.4 is 10.1 Å². The summed E-state index contributed by atoms with van der Waals surface area (Å²) in [7, 11) is 0. The molecule has 0 aliphatic rings. The van der Waals surface area contributed by atoms with Gasteiger partial charge in [-0.2, -0.15) is 0 Å². The normalized spacial score (nSPS) is 10.9. The highest BCUT2D eigenvalue weighted by atomic mass is 35.5. The number of halogens is 1. The summed E-state index contributed by atoms with van der Waals surface area (Å²) in [5, 5.41) is 4.01. The lowest BCUT2D eigenvalue weighted by molar-refractivity contribution is 0.466. The third-order valence-corrected chi connectivity index (χ3v) is 3.36. The van der Waals surface area contributed by atoms with Crippen LogP contribution in [0.2, 0.25) is 5.02 Å². The summed E-state index contributed by atoms with van der Waals surface area (Å²) < 4.78 is 5.94. The minimum Gasteiger partial charge on any atom is -0.454 e. The van der Waals surface area contributed by atoms with Gasteiger partial charge in [-0.25, -0.2) is 0 Å². The Balaban J connectivity index is 2.14. The number of hydrogen-bond acceptors (Lipinski definition) is 3. The molecule has 2 rings (SSSR count). The van der Waals surface area contributed by atoms with Crippen LogP contribution in [-0.4, -0.2) is 11.5 Å². The molecule has 1 aromatic carbocycles. The molecule has 0 spiro atoms. The molecule has 0 radical (unpaired) electrons. The molecule has 0 saturated carbocycles. The Morgan fingerprint density at radius 2 is 2.05 bits per heavy atom. The fourth-order valence-corrected chi connectivity index (χ4v) is 2.11. The average molecular weight is 305 g/mol. The first-order chi connectivity index (χ1) is 10.1. The molecule has 0 atom stereocenters. The van der Waals surface area contributed by atoms with Crippen molar-refractivity contribution in [3.05, 3.63) is 52.8 Å². The Morgan fingerprint density at radius 1 is 1.24 bits per heavy atom. The van der Waals surface area contributed by atoms with Crippen molar-refractivity contribution in [2.75, 3.05) is 6.54 Å². The van der Waals surface area contributed by atoms with Crippen LogP contribution >= 0.6 is 11.6 Å². The smallest absolute Gasteiger partial charge is 0.150 e. The standard InChI is InChI=1S/C17H21ClN2O/c1-12(2)9-20-10-14-6-7-19-11-17(14)21-16-8-13(3)4-5-15(16)18/h4-8,11-12,20H,9-10H2,1-3H3. The Morgan fingerprint density at radius 3 is 2.81 bits per heavy atom. The molecular formula is C17H21ClN2O. The molecule has 0 amide bonds. The molecule has 0 saturated heterocycles. The fourth-order valence-electron chi connectivity index (χ4n) is 1.95. The Kier molecular flexibility index (Phi) is 5.59. The maximum atomic E-state index is 6.18. The van der Waals surface area contributed by atoms with Gasteiger partial charge in [-0.15, -0.1) is 0 Å². The van der Waals surface area contributed by atoms with Gasteiger partial charge in [-0.05, 0) is 43.1 Å². The summed E-state index contributed by atoms with van der Waals surface area (Å²) >= 11 is 6.18. The first-order valence-electron chi connectivity index (χ1n) is 7.14. The SMILES string of the molecule is Cc1ccc(Cl)c(Oc2cnccc2CNCC(C)C)c1. The number of aryl methyl sites for hydroxylation is 1. The number of pyridine rings is 1. The predicted molar refractivity (Wildman–Crippen MR) is 87.0 cm³/mol. The quantitative estimate of drug-likeness (QED) is 0.848. The molecule has 112 valence electrons. The molecule has 0 bridgehead atoms. The van der Waals surface area contributed by atoms with Gasteiger partial charge in [-0.3, -0.25) is 4.98 Å². The number of aromatic nitrogens is 1. The van der Waals surface area contributed by atoms with Gasteiger partial charge < -0.3 is 10.1 Å². The van der Waals surface area contributed by atoms with Crippen molar-refractivity contribution in [1.82, 2.24) is 10.3 Å². The molecule has 21 heavy (non-hydrogen) atoms. The summed E-state index contributed by atoms with van der Waals surface area (Å²) in [6.45, 7) is 8.09. The van der Waals surface area contributed by atoms with Crippen LogP contribution in [0.5, 0.6) is 11.5 Å². The van der Waals surface area contributed by atoms with Crippen LogP contribution in [0, 0.1) is 12.8 Å². The zero-order valence-electron chi connectivity index (χ0n) is 12.7. The molecule has 0 fully saturated rings. The van der Waals surface area contributed by atoms with Crippen LogP contribution in [0.25, 0.3) is 0 Å². The first kappa shape index (κ1) is 15.8. The molecule has 4 heteroatoms. The van der Waals surface area contributed by atoms with E-state index < -0.39 is 0 Å². The zero-order chi connectivity index (χ0) is 15.2. The van der Waals surface area contributed by atoms with Gasteiger partial charge in [0.2, 0.25) is 0 Å². The van der Waals surface area contributed by atoms with E-state index in [1.165, 1.54) is 0 Å². The highest BCUT2D eigenvalue weighted by Gasteiger charge is 2.08. The van der Waals surface area contributed by atoms with E-state index in [0.29, 0.717) is 16.7 Å². The topological polar surface area (TPSA) is 34.1 Å². The lowest BCUT2D eigenvalue weighted by atomic mass is 10.2. The Bertz CT molecular complexity index is 599. The number of ether oxygens (including phenoxy) is 1. The molecule has 0 aliphatic carbocycles.